The van der Waals surface area contributed by atoms with Gasteiger partial charge in [0.25, 0.3) is 5.91 Å². The Morgan fingerprint density at radius 3 is 2.60 bits per heavy atom. The second-order valence-corrected chi connectivity index (χ2v) is 5.54. The van der Waals surface area contributed by atoms with Gasteiger partial charge in [0, 0.05) is 19.7 Å². The van der Waals surface area contributed by atoms with E-state index in [1.165, 1.54) is 11.1 Å². The van der Waals surface area contributed by atoms with Gasteiger partial charge in [0.05, 0.1) is 0 Å². The Hall–Kier alpha value is -1.55. The highest BCUT2D eigenvalue weighted by Crippen LogP contribution is 2.18. The molecule has 0 radical (unpaired) electrons. The summed E-state index contributed by atoms with van der Waals surface area (Å²) < 4.78 is 5.57. The van der Waals surface area contributed by atoms with Crippen LogP contribution in [0.2, 0.25) is 0 Å². The number of hydrogen-bond donors (Lipinski definition) is 1. The van der Waals surface area contributed by atoms with Crippen LogP contribution in [0.15, 0.2) is 18.2 Å². The summed E-state index contributed by atoms with van der Waals surface area (Å²) in [6.45, 7) is 5.84. The van der Waals surface area contributed by atoms with Crippen LogP contribution in [0.4, 0.5) is 0 Å². The second kappa shape index (κ2) is 6.75. The molecule has 1 heterocycles. The van der Waals surface area contributed by atoms with E-state index in [9.17, 15) is 4.79 Å². The minimum Gasteiger partial charge on any atom is -0.484 e. The molecule has 1 fully saturated rings. The third kappa shape index (κ3) is 3.73. The second-order valence-electron chi connectivity index (χ2n) is 5.54. The molecule has 4 nitrogen and oxygen atoms in total. The number of rotatable bonds is 4. The molecular formula is C16H23NO3. The predicted molar refractivity (Wildman–Crippen MR) is 77.8 cm³/mol. The summed E-state index contributed by atoms with van der Waals surface area (Å²) in [6.07, 6.45) is 1.76. The summed E-state index contributed by atoms with van der Waals surface area (Å²) in [5.41, 5.74) is 2.38. The van der Waals surface area contributed by atoms with Crippen LogP contribution in [0.1, 0.15) is 24.0 Å². The molecule has 110 valence electrons. The number of piperidine rings is 1. The molecule has 0 unspecified atom stereocenters. The van der Waals surface area contributed by atoms with Gasteiger partial charge in [-0.3, -0.25) is 4.79 Å². The van der Waals surface area contributed by atoms with Gasteiger partial charge in [-0.1, -0.05) is 6.07 Å². The van der Waals surface area contributed by atoms with E-state index in [1.54, 1.807) is 0 Å². The minimum atomic E-state index is 0.0274. The van der Waals surface area contributed by atoms with Crippen molar-refractivity contribution in [1.82, 2.24) is 4.90 Å². The first-order chi connectivity index (χ1) is 9.60. The van der Waals surface area contributed by atoms with Crippen molar-refractivity contribution in [3.05, 3.63) is 29.3 Å². The highest BCUT2D eigenvalue weighted by atomic mass is 16.5. The third-order valence-electron chi connectivity index (χ3n) is 4.07. The number of aliphatic hydroxyl groups excluding tert-OH is 1. The van der Waals surface area contributed by atoms with Crippen molar-refractivity contribution in [2.45, 2.75) is 26.7 Å². The molecule has 0 saturated carbocycles. The largest absolute Gasteiger partial charge is 0.484 e. The molecule has 20 heavy (non-hydrogen) atoms. The molecule has 4 heteroatoms. The Morgan fingerprint density at radius 2 is 2.00 bits per heavy atom. The molecule has 0 bridgehead atoms. The zero-order valence-electron chi connectivity index (χ0n) is 12.3. The fourth-order valence-electron chi connectivity index (χ4n) is 2.40. The number of amides is 1. The summed E-state index contributed by atoms with van der Waals surface area (Å²) >= 11 is 0. The van der Waals surface area contributed by atoms with Crippen LogP contribution in [0, 0.1) is 19.8 Å². The van der Waals surface area contributed by atoms with Crippen molar-refractivity contribution >= 4 is 5.91 Å². The predicted octanol–water partition coefficient (Wildman–Crippen LogP) is 1.91. The van der Waals surface area contributed by atoms with Crippen molar-refractivity contribution in [1.29, 1.82) is 0 Å². The van der Waals surface area contributed by atoms with Crippen LogP contribution in [0.5, 0.6) is 5.75 Å². The summed E-state index contributed by atoms with van der Waals surface area (Å²) in [6, 6.07) is 5.86. The van der Waals surface area contributed by atoms with Crippen LogP contribution in [0.25, 0.3) is 0 Å². The highest BCUT2D eigenvalue weighted by molar-refractivity contribution is 5.77. The maximum Gasteiger partial charge on any atom is 0.260 e. The summed E-state index contributed by atoms with van der Waals surface area (Å²) in [7, 11) is 0. The Balaban J connectivity index is 1.81. The number of carbonyl (C=O) groups excluding carboxylic acids is 1. The van der Waals surface area contributed by atoms with E-state index in [1.807, 2.05) is 30.0 Å². The highest BCUT2D eigenvalue weighted by Gasteiger charge is 2.22. The number of carbonyl (C=O) groups is 1. The molecule has 1 saturated heterocycles. The van der Waals surface area contributed by atoms with Crippen LogP contribution < -0.4 is 4.74 Å². The average molecular weight is 277 g/mol. The van der Waals surface area contributed by atoms with Crippen LogP contribution in [-0.2, 0) is 4.79 Å². The third-order valence-corrected chi connectivity index (χ3v) is 4.07. The monoisotopic (exact) mass is 277 g/mol. The van der Waals surface area contributed by atoms with E-state index in [2.05, 4.69) is 6.92 Å². The molecule has 0 aromatic heterocycles. The van der Waals surface area contributed by atoms with Crippen molar-refractivity contribution in [3.8, 4) is 5.75 Å². The average Bonchev–Trinajstić information content (AvgIpc) is 2.48. The first-order valence-corrected chi connectivity index (χ1v) is 7.19. The van der Waals surface area contributed by atoms with E-state index in [-0.39, 0.29) is 19.1 Å². The van der Waals surface area contributed by atoms with Gasteiger partial charge in [0.1, 0.15) is 5.75 Å². The molecule has 1 aliphatic heterocycles. The summed E-state index contributed by atoms with van der Waals surface area (Å²) in [5.74, 6) is 1.12. The Bertz CT molecular complexity index is 465. The fourth-order valence-corrected chi connectivity index (χ4v) is 2.40. The van der Waals surface area contributed by atoms with Crippen molar-refractivity contribution in [3.63, 3.8) is 0 Å². The Labute approximate surface area is 120 Å². The van der Waals surface area contributed by atoms with Crippen molar-refractivity contribution in [2.24, 2.45) is 5.92 Å². The number of likely N-dealkylation sites (tertiary alicyclic amines) is 1. The molecule has 0 atom stereocenters. The lowest BCUT2D eigenvalue weighted by Gasteiger charge is -2.31. The quantitative estimate of drug-likeness (QED) is 0.914. The lowest BCUT2D eigenvalue weighted by Crippen LogP contribution is -2.41. The standard InChI is InChI=1S/C16H23NO3/c1-12-3-4-15(9-13(12)2)20-11-16(19)17-7-5-14(10-18)6-8-17/h3-4,9,14,18H,5-8,10-11H2,1-2H3. The van der Waals surface area contributed by atoms with Crippen LogP contribution in [0.3, 0.4) is 0 Å². The molecule has 2 rings (SSSR count). The van der Waals surface area contributed by atoms with Crippen molar-refractivity contribution in [2.75, 3.05) is 26.3 Å². The lowest BCUT2D eigenvalue weighted by molar-refractivity contribution is -0.134. The first-order valence-electron chi connectivity index (χ1n) is 7.19. The number of nitrogens with zero attached hydrogens (tertiary/aromatic N) is 1. The molecule has 1 aliphatic rings. The van der Waals surface area contributed by atoms with Gasteiger partial charge >= 0.3 is 0 Å². The van der Waals surface area contributed by atoms with Crippen LogP contribution in [-0.4, -0.2) is 42.2 Å². The van der Waals surface area contributed by atoms with E-state index in [0.29, 0.717) is 5.92 Å². The fraction of sp³-hybridized carbons (Fsp3) is 0.562. The van der Waals surface area contributed by atoms with Crippen LogP contribution >= 0.6 is 0 Å². The molecule has 1 N–H and O–H groups in total. The van der Waals surface area contributed by atoms with Gasteiger partial charge in [-0.2, -0.15) is 0 Å². The molecule has 0 aliphatic carbocycles. The maximum absolute atomic E-state index is 12.1. The Morgan fingerprint density at radius 1 is 1.30 bits per heavy atom. The number of benzene rings is 1. The van der Waals surface area contributed by atoms with Crippen molar-refractivity contribution < 1.29 is 14.6 Å². The summed E-state index contributed by atoms with van der Waals surface area (Å²) in [4.78, 5) is 13.9. The zero-order chi connectivity index (χ0) is 14.5. The Kier molecular flexibility index (Phi) is 5.01. The number of aryl methyl sites for hydroxylation is 2. The molecule has 1 aromatic rings. The van der Waals surface area contributed by atoms with Gasteiger partial charge in [-0.15, -0.1) is 0 Å². The van der Waals surface area contributed by atoms with E-state index < -0.39 is 0 Å². The topological polar surface area (TPSA) is 49.8 Å². The maximum atomic E-state index is 12.1. The molecule has 1 amide bonds. The van der Waals surface area contributed by atoms with Gasteiger partial charge in [0.15, 0.2) is 6.61 Å². The first kappa shape index (κ1) is 14.9. The number of ether oxygens (including phenoxy) is 1. The van der Waals surface area contributed by atoms with Gasteiger partial charge in [0.2, 0.25) is 0 Å². The summed E-state index contributed by atoms with van der Waals surface area (Å²) in [5, 5.41) is 9.09. The van der Waals surface area contributed by atoms with Gasteiger partial charge in [-0.25, -0.2) is 0 Å². The van der Waals surface area contributed by atoms with E-state index >= 15 is 0 Å². The van der Waals surface area contributed by atoms with E-state index in [4.69, 9.17) is 9.84 Å². The number of aliphatic hydroxyl groups is 1. The normalized spacial score (nSPS) is 16.2. The zero-order valence-corrected chi connectivity index (χ0v) is 12.3. The van der Waals surface area contributed by atoms with E-state index in [0.717, 1.165) is 31.7 Å². The van der Waals surface area contributed by atoms with Gasteiger partial charge in [-0.05, 0) is 55.9 Å². The minimum absolute atomic E-state index is 0.0274. The number of hydrogen-bond acceptors (Lipinski definition) is 3. The lowest BCUT2D eigenvalue weighted by atomic mass is 9.98. The molecular weight excluding hydrogens is 254 g/mol. The molecule has 0 spiro atoms. The molecule has 1 aromatic carbocycles. The smallest absolute Gasteiger partial charge is 0.260 e. The SMILES string of the molecule is Cc1ccc(OCC(=O)N2CCC(CO)CC2)cc1C. The van der Waals surface area contributed by atoms with Gasteiger partial charge < -0.3 is 14.7 Å².